The molecule has 0 fully saturated rings. The van der Waals surface area contributed by atoms with Crippen LogP contribution in [0.3, 0.4) is 0 Å². The summed E-state index contributed by atoms with van der Waals surface area (Å²) in [6.45, 7) is 2.06. The lowest BCUT2D eigenvalue weighted by molar-refractivity contribution is -0.109. The Morgan fingerprint density at radius 3 is 1.62 bits per heavy atom. The van der Waals surface area contributed by atoms with Crippen molar-refractivity contribution in [1.82, 2.24) is 0 Å². The van der Waals surface area contributed by atoms with Crippen molar-refractivity contribution in [1.29, 1.82) is 0 Å². The lowest BCUT2D eigenvalue weighted by atomic mass is 9.83. The molecule has 110 valence electrons. The SMILES string of the molecule is COc1ccc(C(C)C(C=O)c2ccc(OC)cc2)cc1. The fourth-order valence-electron chi connectivity index (χ4n) is 2.43. The van der Waals surface area contributed by atoms with Crippen molar-refractivity contribution < 1.29 is 14.3 Å². The Labute approximate surface area is 125 Å². The van der Waals surface area contributed by atoms with E-state index < -0.39 is 0 Å². The van der Waals surface area contributed by atoms with E-state index in [9.17, 15) is 4.79 Å². The van der Waals surface area contributed by atoms with E-state index in [-0.39, 0.29) is 11.8 Å². The number of rotatable bonds is 6. The van der Waals surface area contributed by atoms with Crippen molar-refractivity contribution in [3.05, 3.63) is 59.7 Å². The van der Waals surface area contributed by atoms with Crippen LogP contribution in [0.5, 0.6) is 11.5 Å². The van der Waals surface area contributed by atoms with Gasteiger partial charge in [0.1, 0.15) is 17.8 Å². The summed E-state index contributed by atoms with van der Waals surface area (Å²) in [5, 5.41) is 0. The number of carbonyl (C=O) groups excluding carboxylic acids is 1. The maximum Gasteiger partial charge on any atom is 0.128 e. The first-order valence-electron chi connectivity index (χ1n) is 6.92. The predicted molar refractivity (Wildman–Crippen MR) is 83.2 cm³/mol. The zero-order valence-electron chi connectivity index (χ0n) is 12.6. The quantitative estimate of drug-likeness (QED) is 0.757. The molecular formula is C18H20O3. The van der Waals surface area contributed by atoms with E-state index in [2.05, 4.69) is 6.92 Å². The van der Waals surface area contributed by atoms with E-state index in [1.54, 1.807) is 14.2 Å². The second kappa shape index (κ2) is 6.93. The fourth-order valence-corrected chi connectivity index (χ4v) is 2.43. The highest BCUT2D eigenvalue weighted by atomic mass is 16.5. The zero-order chi connectivity index (χ0) is 15.2. The molecule has 21 heavy (non-hydrogen) atoms. The van der Waals surface area contributed by atoms with Crippen LogP contribution in [0.25, 0.3) is 0 Å². The van der Waals surface area contributed by atoms with Gasteiger partial charge in [0.05, 0.1) is 14.2 Å². The Balaban J connectivity index is 2.23. The summed E-state index contributed by atoms with van der Waals surface area (Å²) in [6.07, 6.45) is 1.01. The third kappa shape index (κ3) is 3.43. The van der Waals surface area contributed by atoms with Crippen LogP contribution in [0, 0.1) is 0 Å². The van der Waals surface area contributed by atoms with Crippen LogP contribution in [-0.2, 0) is 4.79 Å². The number of hydrogen-bond donors (Lipinski definition) is 0. The summed E-state index contributed by atoms with van der Waals surface area (Å²) in [6, 6.07) is 15.5. The highest BCUT2D eigenvalue weighted by molar-refractivity contribution is 5.64. The summed E-state index contributed by atoms with van der Waals surface area (Å²) in [4.78, 5) is 11.5. The Kier molecular flexibility index (Phi) is 4.99. The van der Waals surface area contributed by atoms with Crippen molar-refractivity contribution >= 4 is 6.29 Å². The molecule has 2 aromatic carbocycles. The highest BCUT2D eigenvalue weighted by Gasteiger charge is 2.20. The second-order valence-corrected chi connectivity index (χ2v) is 5.00. The average molecular weight is 284 g/mol. The number of aldehydes is 1. The molecule has 3 heteroatoms. The maximum absolute atomic E-state index is 11.5. The number of methoxy groups -OCH3 is 2. The molecule has 0 bridgehead atoms. The van der Waals surface area contributed by atoms with E-state index in [0.717, 1.165) is 28.9 Å². The van der Waals surface area contributed by atoms with Crippen molar-refractivity contribution in [2.45, 2.75) is 18.8 Å². The number of benzene rings is 2. The van der Waals surface area contributed by atoms with Gasteiger partial charge in [0, 0.05) is 5.92 Å². The van der Waals surface area contributed by atoms with Gasteiger partial charge >= 0.3 is 0 Å². The normalized spacial score (nSPS) is 13.3. The third-order valence-electron chi connectivity index (χ3n) is 3.83. The highest BCUT2D eigenvalue weighted by Crippen LogP contribution is 2.32. The molecule has 2 atom stereocenters. The minimum Gasteiger partial charge on any atom is -0.497 e. The van der Waals surface area contributed by atoms with Crippen LogP contribution in [0.15, 0.2) is 48.5 Å². The first kappa shape index (κ1) is 15.1. The fraction of sp³-hybridized carbons (Fsp3) is 0.278. The smallest absolute Gasteiger partial charge is 0.128 e. The van der Waals surface area contributed by atoms with Crippen molar-refractivity contribution in [3.63, 3.8) is 0 Å². The maximum atomic E-state index is 11.5. The monoisotopic (exact) mass is 284 g/mol. The Morgan fingerprint density at radius 2 is 1.24 bits per heavy atom. The molecule has 0 amide bonds. The van der Waals surface area contributed by atoms with Gasteiger partial charge in [-0.25, -0.2) is 0 Å². The van der Waals surface area contributed by atoms with Crippen LogP contribution in [-0.4, -0.2) is 20.5 Å². The van der Waals surface area contributed by atoms with Gasteiger partial charge in [-0.15, -0.1) is 0 Å². The first-order chi connectivity index (χ1) is 10.2. The van der Waals surface area contributed by atoms with E-state index in [0.29, 0.717) is 0 Å². The Morgan fingerprint density at radius 1 is 0.810 bits per heavy atom. The van der Waals surface area contributed by atoms with E-state index in [4.69, 9.17) is 9.47 Å². The summed E-state index contributed by atoms with van der Waals surface area (Å²) < 4.78 is 10.3. The van der Waals surface area contributed by atoms with Crippen LogP contribution >= 0.6 is 0 Å². The largest absolute Gasteiger partial charge is 0.497 e. The molecule has 2 rings (SSSR count). The van der Waals surface area contributed by atoms with Gasteiger partial charge in [-0.3, -0.25) is 0 Å². The van der Waals surface area contributed by atoms with Crippen LogP contribution < -0.4 is 9.47 Å². The molecular weight excluding hydrogens is 264 g/mol. The average Bonchev–Trinajstić information content (AvgIpc) is 2.56. The lowest BCUT2D eigenvalue weighted by Crippen LogP contribution is -2.10. The Bertz CT molecular complexity index is 572. The van der Waals surface area contributed by atoms with Gasteiger partial charge in [-0.1, -0.05) is 31.2 Å². The molecule has 0 heterocycles. The lowest BCUT2D eigenvalue weighted by Gasteiger charge is -2.20. The van der Waals surface area contributed by atoms with Gasteiger partial charge < -0.3 is 14.3 Å². The minimum absolute atomic E-state index is 0.0989. The van der Waals surface area contributed by atoms with E-state index in [1.807, 2.05) is 48.5 Å². The molecule has 3 nitrogen and oxygen atoms in total. The molecule has 2 unspecified atom stereocenters. The number of ether oxygens (including phenoxy) is 2. The van der Waals surface area contributed by atoms with Crippen molar-refractivity contribution in [2.24, 2.45) is 0 Å². The summed E-state index contributed by atoms with van der Waals surface area (Å²) in [7, 11) is 3.27. The molecule has 0 aliphatic carbocycles. The van der Waals surface area contributed by atoms with Crippen molar-refractivity contribution in [3.8, 4) is 11.5 Å². The molecule has 2 aromatic rings. The molecule has 0 aromatic heterocycles. The first-order valence-corrected chi connectivity index (χ1v) is 6.92. The third-order valence-corrected chi connectivity index (χ3v) is 3.83. The molecule has 0 spiro atoms. The van der Waals surface area contributed by atoms with Crippen LogP contribution in [0.4, 0.5) is 0 Å². The number of hydrogen-bond acceptors (Lipinski definition) is 3. The standard InChI is InChI=1S/C18H20O3/c1-13(14-4-8-16(20-2)9-5-14)18(12-19)15-6-10-17(21-3)11-7-15/h4-13,18H,1-3H3. The van der Waals surface area contributed by atoms with Gasteiger partial charge in [-0.05, 0) is 41.3 Å². The van der Waals surface area contributed by atoms with Crippen LogP contribution in [0.1, 0.15) is 29.9 Å². The van der Waals surface area contributed by atoms with Gasteiger partial charge in [0.25, 0.3) is 0 Å². The molecule has 0 radical (unpaired) electrons. The minimum atomic E-state index is -0.177. The van der Waals surface area contributed by atoms with E-state index >= 15 is 0 Å². The van der Waals surface area contributed by atoms with E-state index in [1.165, 1.54) is 0 Å². The van der Waals surface area contributed by atoms with Gasteiger partial charge in [-0.2, -0.15) is 0 Å². The van der Waals surface area contributed by atoms with Gasteiger partial charge in [0.2, 0.25) is 0 Å². The summed E-state index contributed by atoms with van der Waals surface area (Å²) in [5.74, 6) is 1.53. The summed E-state index contributed by atoms with van der Waals surface area (Å²) >= 11 is 0. The van der Waals surface area contributed by atoms with Gasteiger partial charge in [0.15, 0.2) is 0 Å². The zero-order valence-corrected chi connectivity index (χ0v) is 12.6. The molecule has 0 aliphatic rings. The van der Waals surface area contributed by atoms with Crippen molar-refractivity contribution in [2.75, 3.05) is 14.2 Å². The number of carbonyl (C=O) groups is 1. The Hall–Kier alpha value is -2.29. The predicted octanol–water partition coefficient (Wildman–Crippen LogP) is 3.79. The second-order valence-electron chi connectivity index (χ2n) is 5.00. The van der Waals surface area contributed by atoms with Crippen LogP contribution in [0.2, 0.25) is 0 Å². The topological polar surface area (TPSA) is 35.5 Å². The molecule has 0 saturated carbocycles. The summed E-state index contributed by atoms with van der Waals surface area (Å²) in [5.41, 5.74) is 2.11. The molecule has 0 N–H and O–H groups in total. The molecule has 0 saturated heterocycles. The molecule has 0 aliphatic heterocycles.